The summed E-state index contributed by atoms with van der Waals surface area (Å²) >= 11 is 0. The Kier molecular flexibility index (Phi) is 5.17. The van der Waals surface area contributed by atoms with Crippen LogP contribution >= 0.6 is 0 Å². The predicted octanol–water partition coefficient (Wildman–Crippen LogP) is 3.53. The van der Waals surface area contributed by atoms with E-state index in [1.165, 1.54) is 21.6 Å². The molecule has 0 fully saturated rings. The van der Waals surface area contributed by atoms with E-state index in [1.807, 2.05) is 18.2 Å². The number of carbonyl (C=O) groups is 1. The summed E-state index contributed by atoms with van der Waals surface area (Å²) in [6, 6.07) is 6.36. The van der Waals surface area contributed by atoms with Gasteiger partial charge in [-0.15, -0.1) is 0 Å². The topological polar surface area (TPSA) is 62.5 Å². The van der Waals surface area contributed by atoms with Gasteiger partial charge in [-0.2, -0.15) is 0 Å². The van der Waals surface area contributed by atoms with Crippen LogP contribution in [0.4, 0.5) is 5.82 Å². The molecule has 0 saturated heterocycles. The van der Waals surface area contributed by atoms with E-state index in [2.05, 4.69) is 47.3 Å². The van der Waals surface area contributed by atoms with Crippen LogP contribution in [0, 0.1) is 20.8 Å². The van der Waals surface area contributed by atoms with Crippen molar-refractivity contribution >= 4 is 17.4 Å². The van der Waals surface area contributed by atoms with E-state index in [0.717, 1.165) is 23.5 Å². The summed E-state index contributed by atoms with van der Waals surface area (Å²) in [5.74, 6) is 0.500. The Bertz CT molecular complexity index is 1000. The maximum absolute atomic E-state index is 12.5. The molecule has 0 radical (unpaired) electrons. The molecule has 6 heteroatoms. The molecule has 6 nitrogen and oxygen atoms in total. The first-order valence-electron chi connectivity index (χ1n) is 9.22. The summed E-state index contributed by atoms with van der Waals surface area (Å²) in [7, 11) is 3.46. The predicted molar refractivity (Wildman–Crippen MR) is 108 cm³/mol. The number of aryl methyl sites for hydroxylation is 4. The van der Waals surface area contributed by atoms with Crippen LogP contribution < -0.4 is 5.32 Å². The molecule has 1 N–H and O–H groups in total. The minimum Gasteiger partial charge on any atom is -0.363 e. The van der Waals surface area contributed by atoms with Crippen LogP contribution in [0.15, 0.2) is 24.4 Å². The number of nitrogens with one attached hydrogen (secondary N) is 1. The van der Waals surface area contributed by atoms with Crippen molar-refractivity contribution in [1.29, 1.82) is 0 Å². The number of hydrogen-bond acceptors (Lipinski definition) is 4. The number of nitrogens with zero attached hydrogens (tertiary/aromatic N) is 4. The Morgan fingerprint density at radius 3 is 2.59 bits per heavy atom. The highest BCUT2D eigenvalue weighted by Gasteiger charge is 2.17. The lowest BCUT2D eigenvalue weighted by atomic mass is 10.00. The first-order valence-corrected chi connectivity index (χ1v) is 9.22. The molecular formula is C21H27N5O. The fraction of sp³-hybridized carbons (Fsp3) is 0.381. The Morgan fingerprint density at radius 1 is 1.19 bits per heavy atom. The Labute approximate surface area is 160 Å². The number of carbonyl (C=O) groups excluding carboxylic acids is 1. The maximum Gasteiger partial charge on any atom is 0.273 e. The highest BCUT2D eigenvalue weighted by molar-refractivity contribution is 5.92. The first kappa shape index (κ1) is 18.9. The van der Waals surface area contributed by atoms with Gasteiger partial charge in [0.2, 0.25) is 0 Å². The molecule has 27 heavy (non-hydrogen) atoms. The van der Waals surface area contributed by atoms with Gasteiger partial charge in [-0.05, 0) is 43.9 Å². The molecule has 0 saturated carbocycles. The summed E-state index contributed by atoms with van der Waals surface area (Å²) in [5, 5.41) is 3.43. The number of fused-ring (bicyclic) bond motifs is 1. The average molecular weight is 365 g/mol. The molecule has 0 bridgehead atoms. The smallest absolute Gasteiger partial charge is 0.273 e. The fourth-order valence-corrected chi connectivity index (χ4v) is 3.24. The van der Waals surface area contributed by atoms with Crippen molar-refractivity contribution in [1.82, 2.24) is 19.3 Å². The van der Waals surface area contributed by atoms with Crippen molar-refractivity contribution in [2.24, 2.45) is 0 Å². The second-order valence-corrected chi connectivity index (χ2v) is 7.07. The van der Waals surface area contributed by atoms with Gasteiger partial charge in [0.1, 0.15) is 5.69 Å². The quantitative estimate of drug-likeness (QED) is 0.751. The minimum atomic E-state index is -0.129. The van der Waals surface area contributed by atoms with Gasteiger partial charge in [-0.1, -0.05) is 25.1 Å². The van der Waals surface area contributed by atoms with Crippen molar-refractivity contribution in [2.75, 3.05) is 19.4 Å². The second kappa shape index (κ2) is 7.39. The zero-order chi connectivity index (χ0) is 19.7. The number of imidazole rings is 1. The van der Waals surface area contributed by atoms with Crippen LogP contribution in [0.25, 0.3) is 5.65 Å². The molecule has 1 aromatic carbocycles. The molecule has 2 heterocycles. The number of hydrogen-bond donors (Lipinski definition) is 1. The van der Waals surface area contributed by atoms with Crippen LogP contribution in [0.3, 0.4) is 0 Å². The summed E-state index contributed by atoms with van der Waals surface area (Å²) < 4.78 is 1.94. The van der Waals surface area contributed by atoms with Crippen LogP contribution in [0.1, 0.15) is 45.5 Å². The third-order valence-corrected chi connectivity index (χ3v) is 5.03. The highest BCUT2D eigenvalue weighted by Crippen LogP contribution is 2.22. The van der Waals surface area contributed by atoms with E-state index in [0.29, 0.717) is 18.1 Å². The summed E-state index contributed by atoms with van der Waals surface area (Å²) in [6.45, 7) is 8.89. The standard InChI is InChI=1S/C21H27N5O/c1-7-16-10-8-9-13(2)17(16)11-22-19-20-23-14(3)15(4)26(20)12-18(24-19)21(27)25(5)6/h8-10,12H,7,11H2,1-6H3,(H,22,24). The van der Waals surface area contributed by atoms with Crippen molar-refractivity contribution in [3.8, 4) is 0 Å². The number of aromatic nitrogens is 3. The van der Waals surface area contributed by atoms with Crippen LogP contribution in [0.2, 0.25) is 0 Å². The fourth-order valence-electron chi connectivity index (χ4n) is 3.24. The molecule has 2 aromatic heterocycles. The van der Waals surface area contributed by atoms with Crippen molar-refractivity contribution in [3.63, 3.8) is 0 Å². The van der Waals surface area contributed by atoms with Crippen LogP contribution in [-0.2, 0) is 13.0 Å². The van der Waals surface area contributed by atoms with Gasteiger partial charge < -0.3 is 10.2 Å². The van der Waals surface area contributed by atoms with E-state index in [4.69, 9.17) is 0 Å². The van der Waals surface area contributed by atoms with Crippen LogP contribution in [-0.4, -0.2) is 39.3 Å². The third kappa shape index (κ3) is 3.52. The van der Waals surface area contributed by atoms with Gasteiger partial charge in [0.05, 0.1) is 5.69 Å². The van der Waals surface area contributed by atoms with Gasteiger partial charge in [-0.25, -0.2) is 9.97 Å². The van der Waals surface area contributed by atoms with E-state index in [1.54, 1.807) is 20.3 Å². The third-order valence-electron chi connectivity index (χ3n) is 5.03. The largest absolute Gasteiger partial charge is 0.363 e. The molecule has 3 aromatic rings. The van der Waals surface area contributed by atoms with Crippen LogP contribution in [0.5, 0.6) is 0 Å². The lowest BCUT2D eigenvalue weighted by Crippen LogP contribution is -2.24. The van der Waals surface area contributed by atoms with Gasteiger partial charge in [0.15, 0.2) is 11.5 Å². The number of anilines is 1. The molecule has 0 aliphatic rings. The molecule has 142 valence electrons. The molecule has 0 spiro atoms. The van der Waals surface area contributed by atoms with E-state index < -0.39 is 0 Å². The number of amides is 1. The molecule has 0 aliphatic carbocycles. The highest BCUT2D eigenvalue weighted by atomic mass is 16.2. The maximum atomic E-state index is 12.5. The number of benzene rings is 1. The monoisotopic (exact) mass is 365 g/mol. The van der Waals surface area contributed by atoms with E-state index in [9.17, 15) is 4.79 Å². The SMILES string of the molecule is CCc1cccc(C)c1CNc1nc(C(=O)N(C)C)cn2c(C)c(C)nc12. The normalized spacial score (nSPS) is 11.0. The lowest BCUT2D eigenvalue weighted by molar-refractivity contribution is 0.0821. The van der Waals surface area contributed by atoms with E-state index in [-0.39, 0.29) is 5.91 Å². The lowest BCUT2D eigenvalue weighted by Gasteiger charge is -2.15. The van der Waals surface area contributed by atoms with Crippen molar-refractivity contribution in [2.45, 2.75) is 40.7 Å². The Morgan fingerprint density at radius 2 is 1.93 bits per heavy atom. The van der Waals surface area contributed by atoms with Gasteiger partial charge in [0, 0.05) is 32.5 Å². The zero-order valence-corrected chi connectivity index (χ0v) is 16.9. The Balaban J connectivity index is 2.05. The minimum absolute atomic E-state index is 0.129. The molecule has 0 aliphatic heterocycles. The second-order valence-electron chi connectivity index (χ2n) is 7.07. The van der Waals surface area contributed by atoms with Gasteiger partial charge >= 0.3 is 0 Å². The van der Waals surface area contributed by atoms with Gasteiger partial charge in [-0.3, -0.25) is 9.20 Å². The molecule has 0 atom stereocenters. The van der Waals surface area contributed by atoms with Gasteiger partial charge in [0.25, 0.3) is 5.91 Å². The van der Waals surface area contributed by atoms with Crippen molar-refractivity contribution < 1.29 is 4.79 Å². The van der Waals surface area contributed by atoms with Crippen molar-refractivity contribution in [3.05, 3.63) is 58.2 Å². The first-order chi connectivity index (χ1) is 12.8. The Hall–Kier alpha value is -2.89. The number of rotatable bonds is 5. The zero-order valence-electron chi connectivity index (χ0n) is 16.9. The van der Waals surface area contributed by atoms with E-state index >= 15 is 0 Å². The summed E-state index contributed by atoms with van der Waals surface area (Å²) in [4.78, 5) is 23.3. The molecule has 0 unspecified atom stereocenters. The molecule has 3 rings (SSSR count). The summed E-state index contributed by atoms with van der Waals surface area (Å²) in [5.41, 5.74) is 6.91. The summed E-state index contributed by atoms with van der Waals surface area (Å²) in [6.07, 6.45) is 2.74. The average Bonchev–Trinajstić information content (AvgIpc) is 2.94. The molecule has 1 amide bonds. The molecular weight excluding hydrogens is 338 g/mol.